The maximum atomic E-state index is 13.8. The number of hydrogen-bond acceptors (Lipinski definition) is 5. The smallest absolute Gasteiger partial charge is 0.313 e. The Kier molecular flexibility index (Phi) is 7.02. The monoisotopic (exact) mass is 440 g/mol. The first-order valence-corrected chi connectivity index (χ1v) is 11.0. The van der Waals surface area contributed by atoms with Crippen LogP contribution in [0.15, 0.2) is 42.5 Å². The van der Waals surface area contributed by atoms with Crippen molar-refractivity contribution in [2.75, 3.05) is 56.7 Å². The number of rotatable bonds is 5. The summed E-state index contributed by atoms with van der Waals surface area (Å²) in [4.78, 5) is 29.3. The van der Waals surface area contributed by atoms with E-state index >= 15 is 0 Å². The van der Waals surface area contributed by atoms with Crippen molar-refractivity contribution in [1.82, 2.24) is 10.2 Å². The van der Waals surface area contributed by atoms with E-state index in [1.54, 1.807) is 6.07 Å². The molecule has 32 heavy (non-hydrogen) atoms. The minimum absolute atomic E-state index is 0.0174. The Morgan fingerprint density at radius 2 is 1.88 bits per heavy atom. The molecule has 0 aromatic heterocycles. The van der Waals surface area contributed by atoms with Crippen LogP contribution in [-0.2, 0) is 20.7 Å². The number of morpholine rings is 1. The topological polar surface area (TPSA) is 73.9 Å². The van der Waals surface area contributed by atoms with Crippen LogP contribution >= 0.6 is 0 Å². The number of anilines is 2. The van der Waals surface area contributed by atoms with Gasteiger partial charge in [0.2, 0.25) is 0 Å². The SMILES string of the molecule is CN1CCCc2cc(C(CNC(=O)C(=O)Nc3ccccc3F)N3CCOCC3)ccc21. The van der Waals surface area contributed by atoms with Gasteiger partial charge in [-0.25, -0.2) is 4.39 Å². The zero-order valence-corrected chi connectivity index (χ0v) is 18.3. The molecule has 0 aliphatic carbocycles. The van der Waals surface area contributed by atoms with Crippen LogP contribution in [0.4, 0.5) is 15.8 Å². The molecule has 2 aromatic carbocycles. The van der Waals surface area contributed by atoms with E-state index < -0.39 is 17.6 Å². The summed E-state index contributed by atoms with van der Waals surface area (Å²) in [5, 5.41) is 5.07. The first-order chi connectivity index (χ1) is 15.5. The Morgan fingerprint density at radius 3 is 2.66 bits per heavy atom. The Hall–Kier alpha value is -2.97. The number of fused-ring (bicyclic) bond motifs is 1. The predicted octanol–water partition coefficient (Wildman–Crippen LogP) is 2.34. The number of halogens is 1. The van der Waals surface area contributed by atoms with Crippen LogP contribution in [-0.4, -0.2) is 63.2 Å². The molecule has 1 saturated heterocycles. The summed E-state index contributed by atoms with van der Waals surface area (Å²) >= 11 is 0. The van der Waals surface area contributed by atoms with Gasteiger partial charge in [-0.15, -0.1) is 0 Å². The summed E-state index contributed by atoms with van der Waals surface area (Å²) < 4.78 is 19.3. The second-order valence-electron chi connectivity index (χ2n) is 8.22. The summed E-state index contributed by atoms with van der Waals surface area (Å²) in [6, 6.07) is 12.2. The van der Waals surface area contributed by atoms with Crippen LogP contribution in [0.3, 0.4) is 0 Å². The number of carbonyl (C=O) groups excluding carboxylic acids is 2. The van der Waals surface area contributed by atoms with Crippen LogP contribution in [0.25, 0.3) is 0 Å². The standard InChI is InChI=1S/C24H29FN4O3/c1-28-10-4-5-17-15-18(8-9-21(17)28)22(29-11-13-32-14-12-29)16-26-23(30)24(31)27-20-7-3-2-6-19(20)25/h2-3,6-9,15,22H,4-5,10-14,16H2,1H3,(H,26,30)(H,27,31). The van der Waals surface area contributed by atoms with Crippen molar-refractivity contribution in [3.63, 3.8) is 0 Å². The number of para-hydroxylation sites is 1. The molecule has 0 saturated carbocycles. The molecule has 0 spiro atoms. The van der Waals surface area contributed by atoms with Gasteiger partial charge in [-0.05, 0) is 42.2 Å². The van der Waals surface area contributed by atoms with E-state index in [0.717, 1.165) is 38.0 Å². The van der Waals surface area contributed by atoms with Crippen molar-refractivity contribution in [3.05, 3.63) is 59.4 Å². The molecule has 0 radical (unpaired) electrons. The van der Waals surface area contributed by atoms with Crippen LogP contribution in [0.5, 0.6) is 0 Å². The fourth-order valence-corrected chi connectivity index (χ4v) is 4.37. The lowest BCUT2D eigenvalue weighted by atomic mass is 9.95. The largest absolute Gasteiger partial charge is 0.379 e. The molecule has 7 nitrogen and oxygen atoms in total. The van der Waals surface area contributed by atoms with Gasteiger partial charge in [0, 0.05) is 38.9 Å². The molecule has 0 bridgehead atoms. The number of hydrogen-bond donors (Lipinski definition) is 2. The Balaban J connectivity index is 1.47. The van der Waals surface area contributed by atoms with Gasteiger partial charge in [-0.2, -0.15) is 0 Å². The van der Waals surface area contributed by atoms with Crippen LogP contribution < -0.4 is 15.5 Å². The third-order valence-electron chi connectivity index (χ3n) is 6.11. The van der Waals surface area contributed by atoms with E-state index in [9.17, 15) is 14.0 Å². The summed E-state index contributed by atoms with van der Waals surface area (Å²) in [5.74, 6) is -2.26. The highest BCUT2D eigenvalue weighted by Gasteiger charge is 2.26. The zero-order valence-electron chi connectivity index (χ0n) is 18.3. The molecular weight excluding hydrogens is 411 g/mol. The molecule has 4 rings (SSSR count). The number of benzene rings is 2. The van der Waals surface area contributed by atoms with E-state index in [2.05, 4.69) is 45.7 Å². The van der Waals surface area contributed by atoms with Crippen molar-refractivity contribution in [1.29, 1.82) is 0 Å². The van der Waals surface area contributed by atoms with Crippen molar-refractivity contribution >= 4 is 23.2 Å². The van der Waals surface area contributed by atoms with Crippen molar-refractivity contribution in [2.45, 2.75) is 18.9 Å². The minimum Gasteiger partial charge on any atom is -0.379 e. The number of carbonyl (C=O) groups is 2. The fourth-order valence-electron chi connectivity index (χ4n) is 4.37. The summed E-state index contributed by atoms with van der Waals surface area (Å²) in [7, 11) is 2.10. The Bertz CT molecular complexity index is 977. The van der Waals surface area contributed by atoms with Gasteiger partial charge in [0.15, 0.2) is 0 Å². The summed E-state index contributed by atoms with van der Waals surface area (Å²) in [6.45, 7) is 4.08. The number of ether oxygens (including phenoxy) is 1. The molecule has 1 fully saturated rings. The van der Waals surface area contributed by atoms with Crippen LogP contribution in [0.1, 0.15) is 23.6 Å². The molecule has 2 N–H and O–H groups in total. The van der Waals surface area contributed by atoms with Gasteiger partial charge < -0.3 is 20.3 Å². The molecule has 2 heterocycles. The second-order valence-corrected chi connectivity index (χ2v) is 8.22. The van der Waals surface area contributed by atoms with Gasteiger partial charge in [0.1, 0.15) is 5.82 Å². The van der Waals surface area contributed by atoms with E-state index in [1.165, 1.54) is 29.4 Å². The minimum atomic E-state index is -0.886. The van der Waals surface area contributed by atoms with Crippen LogP contribution in [0.2, 0.25) is 0 Å². The molecule has 2 amide bonds. The van der Waals surface area contributed by atoms with Crippen molar-refractivity contribution < 1.29 is 18.7 Å². The maximum Gasteiger partial charge on any atom is 0.313 e. The molecule has 8 heteroatoms. The lowest BCUT2D eigenvalue weighted by molar-refractivity contribution is -0.136. The average Bonchev–Trinajstić information content (AvgIpc) is 2.81. The third kappa shape index (κ3) is 5.08. The highest BCUT2D eigenvalue weighted by Crippen LogP contribution is 2.31. The first kappa shape index (κ1) is 22.2. The number of nitrogens with zero attached hydrogens (tertiary/aromatic N) is 2. The average molecular weight is 441 g/mol. The molecular formula is C24H29FN4O3. The summed E-state index contributed by atoms with van der Waals surface area (Å²) in [6.07, 6.45) is 2.14. The Labute approximate surface area is 187 Å². The Morgan fingerprint density at radius 1 is 1.09 bits per heavy atom. The lowest BCUT2D eigenvalue weighted by Gasteiger charge is -2.36. The van der Waals surface area contributed by atoms with Gasteiger partial charge >= 0.3 is 11.8 Å². The zero-order chi connectivity index (χ0) is 22.5. The van der Waals surface area contributed by atoms with E-state index in [4.69, 9.17) is 4.74 Å². The number of amides is 2. The molecule has 2 aliphatic heterocycles. The molecule has 2 aliphatic rings. The van der Waals surface area contributed by atoms with Gasteiger partial charge in [-0.1, -0.05) is 24.3 Å². The lowest BCUT2D eigenvalue weighted by Crippen LogP contribution is -2.45. The van der Waals surface area contributed by atoms with E-state index in [0.29, 0.717) is 13.2 Å². The highest BCUT2D eigenvalue weighted by atomic mass is 19.1. The van der Waals surface area contributed by atoms with Crippen molar-refractivity contribution in [3.8, 4) is 0 Å². The molecule has 1 unspecified atom stereocenters. The first-order valence-electron chi connectivity index (χ1n) is 11.0. The van der Waals surface area contributed by atoms with E-state index in [1.807, 2.05) is 0 Å². The molecule has 2 aromatic rings. The quantitative estimate of drug-likeness (QED) is 0.699. The van der Waals surface area contributed by atoms with Gasteiger partial charge in [0.25, 0.3) is 0 Å². The fraction of sp³-hybridized carbons (Fsp3) is 0.417. The summed E-state index contributed by atoms with van der Waals surface area (Å²) in [5.41, 5.74) is 3.64. The normalized spacial score (nSPS) is 17.4. The van der Waals surface area contributed by atoms with Crippen LogP contribution in [0, 0.1) is 5.82 Å². The number of aryl methyl sites for hydroxylation is 1. The van der Waals surface area contributed by atoms with E-state index in [-0.39, 0.29) is 18.3 Å². The number of nitrogens with one attached hydrogen (secondary N) is 2. The highest BCUT2D eigenvalue weighted by molar-refractivity contribution is 6.39. The third-order valence-corrected chi connectivity index (χ3v) is 6.11. The van der Waals surface area contributed by atoms with Gasteiger partial charge in [-0.3, -0.25) is 14.5 Å². The predicted molar refractivity (Wildman–Crippen MR) is 121 cm³/mol. The van der Waals surface area contributed by atoms with Crippen molar-refractivity contribution in [2.24, 2.45) is 0 Å². The second kappa shape index (κ2) is 10.1. The van der Waals surface area contributed by atoms with Gasteiger partial charge in [0.05, 0.1) is 24.9 Å². The maximum absolute atomic E-state index is 13.8. The molecule has 1 atom stereocenters. The molecule has 170 valence electrons.